The summed E-state index contributed by atoms with van der Waals surface area (Å²) in [5.41, 5.74) is 11.1. The average molecular weight is 639 g/mol. The fraction of sp³-hybridized carbons (Fsp3) is 0.576. The van der Waals surface area contributed by atoms with Crippen molar-refractivity contribution in [3.63, 3.8) is 0 Å². The van der Waals surface area contributed by atoms with Crippen LogP contribution >= 0.6 is 0 Å². The number of nitrogens with one attached hydrogen (secondary N) is 1. The number of carbonyl (C=O) groups is 2. The Labute approximate surface area is 268 Å². The van der Waals surface area contributed by atoms with Crippen molar-refractivity contribution in [2.45, 2.75) is 71.5 Å². The summed E-state index contributed by atoms with van der Waals surface area (Å²) in [6.07, 6.45) is -0.356. The van der Waals surface area contributed by atoms with E-state index in [0.29, 0.717) is 28.7 Å². The summed E-state index contributed by atoms with van der Waals surface area (Å²) in [4.78, 5) is 36.6. The molecule has 1 saturated heterocycles. The van der Waals surface area contributed by atoms with Gasteiger partial charge in [-0.15, -0.1) is 0 Å². The minimum atomic E-state index is -1.22. The van der Waals surface area contributed by atoms with Gasteiger partial charge in [0.2, 0.25) is 5.91 Å². The third-order valence-electron chi connectivity index (χ3n) is 10.6. The fourth-order valence-corrected chi connectivity index (χ4v) is 7.84. The molecule has 2 aromatic carbocycles. The minimum Gasteiger partial charge on any atom is -0.496 e. The highest BCUT2D eigenvalue weighted by molar-refractivity contribution is 5.92. The molecule has 1 unspecified atom stereocenters. The highest BCUT2D eigenvalue weighted by Crippen LogP contribution is 2.61. The number of aliphatic hydroxyl groups excluding tert-OH is 1. The van der Waals surface area contributed by atoms with Crippen molar-refractivity contribution >= 4 is 17.6 Å². The molecule has 3 aliphatic carbocycles. The predicted molar refractivity (Wildman–Crippen MR) is 169 cm³/mol. The van der Waals surface area contributed by atoms with Gasteiger partial charge in [0, 0.05) is 47.8 Å². The summed E-state index contributed by atoms with van der Waals surface area (Å²) < 4.78 is 21.4. The summed E-state index contributed by atoms with van der Waals surface area (Å²) in [5.74, 6) is -1.77. The molecule has 1 amide bonds. The Morgan fingerprint density at radius 3 is 2.57 bits per heavy atom. The number of hydroxylamine groups is 2. The molecule has 6 rings (SSSR count). The average Bonchev–Trinajstić information content (AvgIpc) is 3.36. The second-order valence-electron chi connectivity index (χ2n) is 13.7. The molecule has 2 bridgehead atoms. The number of rotatable bonds is 10. The second kappa shape index (κ2) is 12.7. The Balaban J connectivity index is 1.52. The van der Waals surface area contributed by atoms with Crippen molar-refractivity contribution < 1.29 is 33.8 Å². The van der Waals surface area contributed by atoms with Gasteiger partial charge in [-0.25, -0.2) is 9.18 Å². The van der Waals surface area contributed by atoms with Gasteiger partial charge in [-0.05, 0) is 84.4 Å². The molecule has 46 heavy (non-hydrogen) atoms. The van der Waals surface area contributed by atoms with Crippen molar-refractivity contribution in [1.82, 2.24) is 10.4 Å². The van der Waals surface area contributed by atoms with Crippen molar-refractivity contribution in [3.8, 4) is 16.9 Å². The van der Waals surface area contributed by atoms with Gasteiger partial charge >= 0.3 is 5.97 Å². The van der Waals surface area contributed by atoms with Crippen LogP contribution in [0.25, 0.3) is 21.6 Å². The number of hydrogen-bond acceptors (Lipinski definition) is 8. The van der Waals surface area contributed by atoms with Crippen LogP contribution in [-0.2, 0) is 16.2 Å². The van der Waals surface area contributed by atoms with Crippen LogP contribution in [-0.4, -0.2) is 72.8 Å². The molecule has 0 spiro atoms. The third kappa shape index (κ3) is 5.88. The summed E-state index contributed by atoms with van der Waals surface area (Å²) in [5, 5.41) is 28.7. The van der Waals surface area contributed by atoms with Gasteiger partial charge in [0.1, 0.15) is 17.6 Å². The van der Waals surface area contributed by atoms with Gasteiger partial charge in [-0.3, -0.25) is 9.63 Å². The smallest absolute Gasteiger partial charge is 0.335 e. The molecule has 13 heteroatoms. The topological polar surface area (TPSA) is 160 Å². The molecule has 1 heterocycles. The molecule has 12 nitrogen and oxygen atoms in total. The van der Waals surface area contributed by atoms with E-state index in [2.05, 4.69) is 36.1 Å². The maximum atomic E-state index is 15.7. The number of carboxylic acid groups (broad SMARTS) is 1. The van der Waals surface area contributed by atoms with Crippen LogP contribution in [0.1, 0.15) is 56.5 Å². The van der Waals surface area contributed by atoms with Gasteiger partial charge in [-0.2, -0.15) is 5.06 Å². The van der Waals surface area contributed by atoms with Crippen LogP contribution in [0.4, 0.5) is 10.1 Å². The monoisotopic (exact) mass is 638 g/mol. The molecule has 3 N–H and O–H groups in total. The standard InChI is InChI=1S/C33H43FN6O6/c1-16-24-13-20(33(24,3)4)14-26(16)36-30(42)28-27(17(2)41)31(37-38-35)46-40(28)15-23-25(34)9-8-22(29(23)45-7)18-10-19(32(43)44)12-21(11-18)39(5)6/h8-12,16-17,20,24,26-28,31,41H,13-15H2,1-7H3,(H,36,42)(H,43,44)/t16-,17-,20+,24-,26-,27-,28-,31?/m0/s1. The molecule has 8 atom stereocenters. The lowest BCUT2D eigenvalue weighted by Gasteiger charge is -2.62. The van der Waals surface area contributed by atoms with Crippen LogP contribution in [0.2, 0.25) is 0 Å². The lowest BCUT2D eigenvalue weighted by molar-refractivity contribution is -0.176. The van der Waals surface area contributed by atoms with E-state index >= 15 is 4.39 Å². The minimum absolute atomic E-state index is 0.0451. The number of fused-ring (bicyclic) bond motifs is 2. The zero-order valence-corrected chi connectivity index (χ0v) is 27.3. The number of benzene rings is 2. The molecular formula is C33H43FN6O6. The summed E-state index contributed by atoms with van der Waals surface area (Å²) in [7, 11) is 4.94. The number of amides is 1. The Hall–Kier alpha value is -3.90. The number of aliphatic hydroxyl groups is 1. The SMILES string of the molecule is COc1c(-c2cc(C(=O)O)cc(N(C)C)c2)ccc(F)c1CN1OC(N=[N+]=[N-])[C@@H]([C@H](C)O)[C@H]1C(=O)N[C@H]1C[C@H]2C[C@@H]([C@@H]1C)C2(C)C. The number of methoxy groups -OCH3 is 1. The highest BCUT2D eigenvalue weighted by Gasteiger charge is 2.57. The molecule has 3 saturated carbocycles. The van der Waals surface area contributed by atoms with Gasteiger partial charge < -0.3 is 25.2 Å². The van der Waals surface area contributed by atoms with E-state index < -0.39 is 42.0 Å². The van der Waals surface area contributed by atoms with Gasteiger partial charge in [0.15, 0.2) is 6.23 Å². The molecule has 0 radical (unpaired) electrons. The predicted octanol–water partition coefficient (Wildman–Crippen LogP) is 5.20. The van der Waals surface area contributed by atoms with E-state index in [1.54, 1.807) is 25.1 Å². The van der Waals surface area contributed by atoms with Crippen LogP contribution in [0.15, 0.2) is 35.4 Å². The number of azide groups is 1. The third-order valence-corrected chi connectivity index (χ3v) is 10.6. The zero-order chi connectivity index (χ0) is 33.7. The van der Waals surface area contributed by atoms with Crippen molar-refractivity contribution in [3.05, 3.63) is 57.7 Å². The number of anilines is 1. The van der Waals surface area contributed by atoms with Crippen molar-refractivity contribution in [2.24, 2.45) is 34.2 Å². The summed E-state index contributed by atoms with van der Waals surface area (Å²) in [6.45, 7) is 7.90. The van der Waals surface area contributed by atoms with Gasteiger partial charge in [-0.1, -0.05) is 25.9 Å². The Kier molecular flexibility index (Phi) is 9.25. The van der Waals surface area contributed by atoms with E-state index in [9.17, 15) is 25.3 Å². The van der Waals surface area contributed by atoms with E-state index in [0.717, 1.165) is 12.8 Å². The van der Waals surface area contributed by atoms with Gasteiger partial charge in [0.25, 0.3) is 0 Å². The lowest BCUT2D eigenvalue weighted by Crippen LogP contribution is -2.62. The molecule has 4 aliphatic rings. The van der Waals surface area contributed by atoms with Crippen LogP contribution in [0.5, 0.6) is 5.75 Å². The number of ether oxygens (including phenoxy) is 1. The number of hydrogen-bond donors (Lipinski definition) is 3. The number of halogens is 1. The Morgan fingerprint density at radius 2 is 2.00 bits per heavy atom. The molecule has 1 aliphatic heterocycles. The Bertz CT molecular complexity index is 1560. The van der Waals surface area contributed by atoms with Crippen LogP contribution < -0.4 is 15.0 Å². The van der Waals surface area contributed by atoms with E-state index in [-0.39, 0.29) is 40.8 Å². The molecular weight excluding hydrogens is 595 g/mol. The lowest BCUT2D eigenvalue weighted by atomic mass is 9.45. The maximum absolute atomic E-state index is 15.7. The van der Waals surface area contributed by atoms with Gasteiger partial charge in [0.05, 0.1) is 25.3 Å². The first-order valence-corrected chi connectivity index (χ1v) is 15.6. The molecule has 0 aromatic heterocycles. The molecule has 4 fully saturated rings. The van der Waals surface area contributed by atoms with E-state index in [1.807, 2.05) is 0 Å². The number of aromatic carboxylic acids is 1. The largest absolute Gasteiger partial charge is 0.496 e. The van der Waals surface area contributed by atoms with E-state index in [1.165, 1.54) is 43.4 Å². The van der Waals surface area contributed by atoms with Crippen molar-refractivity contribution in [2.75, 3.05) is 26.1 Å². The number of carbonyl (C=O) groups excluding carboxylic acids is 1. The van der Waals surface area contributed by atoms with Crippen molar-refractivity contribution in [1.29, 1.82) is 0 Å². The first kappa shape index (κ1) is 33.5. The normalized spacial score (nSPS) is 28.8. The van der Waals surface area contributed by atoms with Crippen LogP contribution in [0.3, 0.4) is 0 Å². The van der Waals surface area contributed by atoms with Crippen LogP contribution in [0, 0.1) is 34.9 Å². The quantitative estimate of drug-likeness (QED) is 0.182. The number of carboxylic acids is 1. The van der Waals surface area contributed by atoms with E-state index in [4.69, 9.17) is 9.57 Å². The summed E-state index contributed by atoms with van der Waals surface area (Å²) >= 11 is 0. The molecule has 248 valence electrons. The first-order chi connectivity index (χ1) is 21.7. The second-order valence-corrected chi connectivity index (χ2v) is 13.7. The fourth-order valence-electron chi connectivity index (χ4n) is 7.84. The highest BCUT2D eigenvalue weighted by atomic mass is 19.1. The summed E-state index contributed by atoms with van der Waals surface area (Å²) in [6, 6.07) is 6.34. The Morgan fingerprint density at radius 1 is 1.28 bits per heavy atom. The molecule has 2 aromatic rings. The zero-order valence-electron chi connectivity index (χ0n) is 27.3. The number of nitrogens with zero attached hydrogens (tertiary/aromatic N) is 5. The maximum Gasteiger partial charge on any atom is 0.335 e. The first-order valence-electron chi connectivity index (χ1n) is 15.6.